The molecule has 0 N–H and O–H groups in total. The lowest BCUT2D eigenvalue weighted by Gasteiger charge is -2.21. The summed E-state index contributed by atoms with van der Waals surface area (Å²) in [7, 11) is -2.62. The molecule has 0 aromatic heterocycles. The van der Waals surface area contributed by atoms with Crippen LogP contribution in [0.4, 0.5) is 0 Å². The minimum atomic E-state index is -3.55. The highest BCUT2D eigenvalue weighted by atomic mass is 32.2. The molecule has 6 heteroatoms. The van der Waals surface area contributed by atoms with Gasteiger partial charge < -0.3 is 4.74 Å². The van der Waals surface area contributed by atoms with E-state index in [1.54, 1.807) is 0 Å². The Bertz CT molecular complexity index is 846. The first-order chi connectivity index (χ1) is 12.7. The molecule has 0 amide bonds. The Morgan fingerprint density at radius 3 is 2.45 bits per heavy atom. The molecule has 0 bridgehead atoms. The van der Waals surface area contributed by atoms with E-state index in [-0.39, 0.29) is 18.6 Å². The van der Waals surface area contributed by atoms with E-state index >= 15 is 0 Å². The zero-order valence-electron chi connectivity index (χ0n) is 18.2. The molecule has 0 aliphatic heterocycles. The lowest BCUT2D eigenvalue weighted by molar-refractivity contribution is -0.146. The molecule has 5 nitrogen and oxygen atoms in total. The van der Waals surface area contributed by atoms with Crippen molar-refractivity contribution in [1.82, 2.24) is 0 Å². The van der Waals surface area contributed by atoms with Crippen molar-refractivity contribution in [2.45, 2.75) is 25.5 Å². The van der Waals surface area contributed by atoms with Crippen molar-refractivity contribution in [3.05, 3.63) is 35.4 Å². The average molecular weight is 330 g/mol. The van der Waals surface area contributed by atoms with Crippen molar-refractivity contribution in [2.24, 2.45) is 0 Å². The summed E-state index contributed by atoms with van der Waals surface area (Å²) in [5.74, 6) is 4.00. The Morgan fingerprint density at radius 1 is 1.32 bits per heavy atom. The highest BCUT2D eigenvalue weighted by Gasteiger charge is 2.30. The second-order valence-electron chi connectivity index (χ2n) is 4.40. The summed E-state index contributed by atoms with van der Waals surface area (Å²) in [6.45, 7) is -6.50. The summed E-state index contributed by atoms with van der Waals surface area (Å²) >= 11 is 0. The largest absolute Gasteiger partial charge is 0.468 e. The van der Waals surface area contributed by atoms with E-state index in [1.165, 1.54) is 24.3 Å². The normalized spacial score (nSPS) is 16.6. The fraction of sp³-hybridized carbons (Fsp3) is 0.438. The van der Waals surface area contributed by atoms with Crippen LogP contribution in [0.25, 0.3) is 0 Å². The molecule has 0 fully saturated rings. The van der Waals surface area contributed by atoms with E-state index in [0.717, 1.165) is 13.4 Å². The average Bonchev–Trinajstić information content (AvgIpc) is 2.52. The number of carbonyl (C=O) groups excluding carboxylic acids is 1. The molecule has 0 aliphatic rings. The number of esters is 1. The SMILES string of the molecule is [2H]C([2H])([2H])C(C(=O)OC)(c1ccc(C#CCCOS(C)(=O)=O)cc1)C([2H])([2H])[2H]. The van der Waals surface area contributed by atoms with Crippen LogP contribution in [-0.4, -0.2) is 34.4 Å². The third-order valence-electron chi connectivity index (χ3n) is 2.57. The van der Waals surface area contributed by atoms with Crippen molar-refractivity contribution < 1.29 is 30.4 Å². The molecule has 1 rings (SSSR count). The molecule has 0 saturated carbocycles. The molecule has 0 spiro atoms. The monoisotopic (exact) mass is 330 g/mol. The number of rotatable bonds is 5. The minimum Gasteiger partial charge on any atom is -0.468 e. The van der Waals surface area contributed by atoms with Gasteiger partial charge in [-0.25, -0.2) is 0 Å². The van der Waals surface area contributed by atoms with Crippen molar-refractivity contribution >= 4 is 16.1 Å². The number of carbonyl (C=O) groups is 1. The first-order valence-corrected chi connectivity index (χ1v) is 8.00. The topological polar surface area (TPSA) is 69.7 Å². The first-order valence-electron chi connectivity index (χ1n) is 9.19. The van der Waals surface area contributed by atoms with Crippen LogP contribution in [0.1, 0.15) is 39.5 Å². The zero-order chi connectivity index (χ0) is 21.8. The van der Waals surface area contributed by atoms with Gasteiger partial charge in [0.05, 0.1) is 25.4 Å². The van der Waals surface area contributed by atoms with Crippen LogP contribution in [0.3, 0.4) is 0 Å². The van der Waals surface area contributed by atoms with Gasteiger partial charge in [-0.05, 0) is 31.4 Å². The number of methoxy groups -OCH3 is 1. The summed E-state index contributed by atoms with van der Waals surface area (Å²) in [5, 5.41) is 0. The first kappa shape index (κ1) is 10.8. The Labute approximate surface area is 140 Å². The summed E-state index contributed by atoms with van der Waals surface area (Å²) in [5.41, 5.74) is -2.67. The van der Waals surface area contributed by atoms with Gasteiger partial charge in [-0.1, -0.05) is 24.0 Å². The molecule has 0 unspecified atom stereocenters. The Morgan fingerprint density at radius 2 is 1.95 bits per heavy atom. The Hall–Kier alpha value is -1.84. The molecule has 120 valence electrons. The molecule has 0 radical (unpaired) electrons. The van der Waals surface area contributed by atoms with Crippen LogP contribution < -0.4 is 0 Å². The van der Waals surface area contributed by atoms with Crippen LogP contribution in [0, 0.1) is 11.8 Å². The van der Waals surface area contributed by atoms with Gasteiger partial charge in [0.2, 0.25) is 0 Å². The van der Waals surface area contributed by atoms with E-state index in [1.807, 2.05) is 0 Å². The van der Waals surface area contributed by atoms with Crippen LogP contribution >= 0.6 is 0 Å². The number of benzene rings is 1. The van der Waals surface area contributed by atoms with Crippen LogP contribution in [0.5, 0.6) is 0 Å². The van der Waals surface area contributed by atoms with Crippen molar-refractivity contribution in [2.75, 3.05) is 20.0 Å². The van der Waals surface area contributed by atoms with Gasteiger partial charge in [-0.3, -0.25) is 8.98 Å². The van der Waals surface area contributed by atoms with Gasteiger partial charge in [0.1, 0.15) is 0 Å². The van der Waals surface area contributed by atoms with Crippen molar-refractivity contribution in [3.63, 3.8) is 0 Å². The predicted octanol–water partition coefficient (Wildman–Crippen LogP) is 1.85. The lowest BCUT2D eigenvalue weighted by Crippen LogP contribution is -2.30. The molecular formula is C16H20O5S. The maximum absolute atomic E-state index is 12.3. The third kappa shape index (κ3) is 5.51. The quantitative estimate of drug-likeness (QED) is 0.357. The van der Waals surface area contributed by atoms with Crippen LogP contribution in [0.15, 0.2) is 24.3 Å². The molecule has 1 aromatic carbocycles. The molecule has 0 atom stereocenters. The zero-order valence-corrected chi connectivity index (χ0v) is 13.0. The van der Waals surface area contributed by atoms with Gasteiger partial charge in [0.15, 0.2) is 0 Å². The van der Waals surface area contributed by atoms with Gasteiger partial charge in [0, 0.05) is 20.2 Å². The standard InChI is InChI=1S/C16H20O5S/c1-16(2,15(17)20-3)14-10-8-13(9-11-14)7-5-6-12-21-22(4,18)19/h8-11H,6,12H2,1-4H3/i1D3,2D3. The highest BCUT2D eigenvalue weighted by molar-refractivity contribution is 7.85. The molecule has 0 heterocycles. The van der Waals surface area contributed by atoms with E-state index in [9.17, 15) is 13.2 Å². The lowest BCUT2D eigenvalue weighted by atomic mass is 9.84. The second kappa shape index (κ2) is 7.43. The van der Waals surface area contributed by atoms with Crippen molar-refractivity contribution in [1.29, 1.82) is 0 Å². The maximum atomic E-state index is 12.3. The van der Waals surface area contributed by atoms with E-state index < -0.39 is 35.2 Å². The second-order valence-corrected chi connectivity index (χ2v) is 6.04. The van der Waals surface area contributed by atoms with E-state index in [0.29, 0.717) is 5.56 Å². The van der Waals surface area contributed by atoms with E-state index in [2.05, 4.69) is 20.8 Å². The summed E-state index contributed by atoms with van der Waals surface area (Å²) in [6.07, 6.45) is 1.05. The van der Waals surface area contributed by atoms with Gasteiger partial charge in [-0.15, -0.1) is 0 Å². The van der Waals surface area contributed by atoms with Crippen LogP contribution in [0.2, 0.25) is 0 Å². The Kier molecular flexibility index (Phi) is 3.65. The van der Waals surface area contributed by atoms with Crippen molar-refractivity contribution in [3.8, 4) is 11.8 Å². The molecule has 1 aromatic rings. The summed E-state index contributed by atoms with van der Waals surface area (Å²) in [6, 6.07) is 5.14. The van der Waals surface area contributed by atoms with Gasteiger partial charge in [0.25, 0.3) is 10.1 Å². The van der Waals surface area contributed by atoms with E-state index in [4.69, 9.17) is 8.22 Å². The third-order valence-corrected chi connectivity index (χ3v) is 3.16. The van der Waals surface area contributed by atoms with Gasteiger partial charge >= 0.3 is 5.97 Å². The number of hydrogen-bond donors (Lipinski definition) is 0. The fourth-order valence-electron chi connectivity index (χ4n) is 1.48. The minimum absolute atomic E-state index is 0.118. The molecule has 0 aliphatic carbocycles. The summed E-state index contributed by atoms with van der Waals surface area (Å²) < 4.78 is 77.0. The maximum Gasteiger partial charge on any atom is 0.315 e. The number of ether oxygens (including phenoxy) is 1. The fourth-order valence-corrected chi connectivity index (χ4v) is 1.87. The molecular weight excluding hydrogens is 304 g/mol. The van der Waals surface area contributed by atoms with Crippen LogP contribution in [-0.2, 0) is 29.2 Å². The Balaban J connectivity index is 3.23. The molecule has 0 saturated heterocycles. The summed E-state index contributed by atoms with van der Waals surface area (Å²) in [4.78, 5) is 12.3. The predicted molar refractivity (Wildman–Crippen MR) is 83.8 cm³/mol. The number of hydrogen-bond acceptors (Lipinski definition) is 5. The van der Waals surface area contributed by atoms with Gasteiger partial charge in [-0.2, -0.15) is 8.42 Å². The smallest absolute Gasteiger partial charge is 0.315 e. The highest BCUT2D eigenvalue weighted by Crippen LogP contribution is 2.24. The molecule has 22 heavy (non-hydrogen) atoms.